The summed E-state index contributed by atoms with van der Waals surface area (Å²) in [6.07, 6.45) is 4.96. The van der Waals surface area contributed by atoms with Crippen LogP contribution in [0.5, 0.6) is 0 Å². The van der Waals surface area contributed by atoms with E-state index >= 15 is 0 Å². The molecule has 3 heterocycles. The molecule has 1 aliphatic heterocycles. The molecule has 3 aromatic rings. The Morgan fingerprint density at radius 2 is 1.78 bits per heavy atom. The normalized spacial score (nSPS) is 28.2. The van der Waals surface area contributed by atoms with Crippen LogP contribution in [0.25, 0.3) is 11.2 Å². The number of piperidine rings is 1. The van der Waals surface area contributed by atoms with Crippen LogP contribution in [0.2, 0.25) is 0 Å². The molecule has 194 valence electrons. The second-order valence-electron chi connectivity index (χ2n) is 10.5. The first-order valence-electron chi connectivity index (χ1n) is 11.6. The number of hydrogen-bond acceptors (Lipinski definition) is 5. The molecular weight excluding hydrogens is 505 g/mol. The predicted octanol–water partition coefficient (Wildman–Crippen LogP) is 5.38. The molecule has 1 amide bonds. The highest BCUT2D eigenvalue weighted by Gasteiger charge is 2.69. The van der Waals surface area contributed by atoms with Crippen molar-refractivity contribution >= 4 is 33.0 Å². The van der Waals surface area contributed by atoms with E-state index in [0.717, 1.165) is 23.0 Å². The lowest BCUT2D eigenvalue weighted by Crippen LogP contribution is -2.69. The van der Waals surface area contributed by atoms with Gasteiger partial charge >= 0.3 is 10.2 Å². The molecule has 4 aliphatic rings. The number of nitrogen functional groups attached to an aromatic ring is 1. The van der Waals surface area contributed by atoms with Gasteiger partial charge in [-0.15, -0.1) is 0 Å². The Balaban J connectivity index is 1.18. The molecule has 7 rings (SSSR count). The molecule has 36 heavy (non-hydrogen) atoms. The first kappa shape index (κ1) is 23.5. The molecule has 3 saturated carbocycles. The summed E-state index contributed by atoms with van der Waals surface area (Å²) < 4.78 is 65.3. The Bertz CT molecular complexity index is 1410. The van der Waals surface area contributed by atoms with Gasteiger partial charge in [-0.05, 0) is 67.9 Å². The van der Waals surface area contributed by atoms with Crippen LogP contribution in [0.1, 0.15) is 59.8 Å². The summed E-state index contributed by atoms with van der Waals surface area (Å²) >= 11 is 0. The molecule has 7 nitrogen and oxygen atoms in total. The average molecular weight is 530 g/mol. The molecule has 3 aliphatic carbocycles. The summed E-state index contributed by atoms with van der Waals surface area (Å²) in [6, 6.07) is 2.98. The van der Waals surface area contributed by atoms with Crippen molar-refractivity contribution < 1.29 is 29.3 Å². The second-order valence-corrected chi connectivity index (χ2v) is 12.9. The molecule has 2 aromatic heterocycles. The minimum Gasteiger partial charge on any atom is -0.398 e. The number of likely N-dealkylation sites (tertiary alicyclic amines) is 1. The Morgan fingerprint density at radius 1 is 1.11 bits per heavy atom. The standard InChI is InChI=1S/C23H24F5N5O2S/c24-36(25,26,27,28)14-1-2-16(17(29)9-14)20(34)33-7-4-13(5-8-33)15-3-6-30-19-18(15)31-21(32-19)22-10-23(35,11-22)12-22/h1-3,6,9,13,35H,4-5,7-8,10-12,29H2,(H,30,31,32). The number of rotatable bonds is 4. The minimum absolute atomic E-state index is 0.0953. The summed E-state index contributed by atoms with van der Waals surface area (Å²) in [5, 5.41) is 10.1. The number of fused-ring (bicyclic) bond motifs is 1. The van der Waals surface area contributed by atoms with Crippen LogP contribution in [-0.2, 0) is 5.41 Å². The molecule has 4 N–H and O–H groups in total. The summed E-state index contributed by atoms with van der Waals surface area (Å²) in [4.78, 5) is 24.7. The van der Waals surface area contributed by atoms with Crippen molar-refractivity contribution in [2.75, 3.05) is 18.8 Å². The third-order valence-corrected chi connectivity index (χ3v) is 8.99. The SMILES string of the molecule is Nc1cc(S(F)(F)(F)(F)F)ccc1C(=O)N1CCC(c2ccnc3nc(C45CC(O)(C4)C5)[nH]c23)CC1. The van der Waals surface area contributed by atoms with Crippen molar-refractivity contribution in [3.63, 3.8) is 0 Å². The van der Waals surface area contributed by atoms with Gasteiger partial charge in [0, 0.05) is 30.4 Å². The van der Waals surface area contributed by atoms with Crippen molar-refractivity contribution in [3.8, 4) is 0 Å². The Hall–Kier alpha value is -2.93. The number of halogens is 5. The highest BCUT2D eigenvalue weighted by molar-refractivity contribution is 8.45. The first-order chi connectivity index (χ1) is 16.6. The lowest BCUT2D eigenvalue weighted by molar-refractivity contribution is -0.216. The van der Waals surface area contributed by atoms with Gasteiger partial charge in [0.05, 0.1) is 16.7 Å². The number of aliphatic hydroxyl groups is 1. The van der Waals surface area contributed by atoms with Gasteiger partial charge in [0.2, 0.25) is 0 Å². The average Bonchev–Trinajstić information content (AvgIpc) is 3.18. The monoisotopic (exact) mass is 529 g/mol. The summed E-state index contributed by atoms with van der Waals surface area (Å²) in [6.45, 7) is 0.655. The van der Waals surface area contributed by atoms with Crippen molar-refractivity contribution in [1.82, 2.24) is 19.9 Å². The Morgan fingerprint density at radius 3 is 2.36 bits per heavy atom. The van der Waals surface area contributed by atoms with Crippen molar-refractivity contribution in [2.45, 2.75) is 53.9 Å². The topological polar surface area (TPSA) is 108 Å². The lowest BCUT2D eigenvalue weighted by Gasteiger charge is -2.66. The van der Waals surface area contributed by atoms with Crippen molar-refractivity contribution in [3.05, 3.63) is 47.4 Å². The zero-order valence-corrected chi connectivity index (χ0v) is 19.8. The van der Waals surface area contributed by atoms with E-state index in [1.807, 2.05) is 6.07 Å². The highest BCUT2D eigenvalue weighted by Crippen LogP contribution is 3.02. The quantitative estimate of drug-likeness (QED) is 0.311. The Labute approximate surface area is 202 Å². The summed E-state index contributed by atoms with van der Waals surface area (Å²) in [7, 11) is -9.89. The predicted molar refractivity (Wildman–Crippen MR) is 124 cm³/mol. The zero-order valence-electron chi connectivity index (χ0n) is 19.0. The molecule has 0 radical (unpaired) electrons. The molecule has 1 saturated heterocycles. The van der Waals surface area contributed by atoms with Crippen LogP contribution in [0.4, 0.5) is 25.1 Å². The van der Waals surface area contributed by atoms with E-state index in [4.69, 9.17) is 5.73 Å². The number of amides is 1. The van der Waals surface area contributed by atoms with Gasteiger partial charge < -0.3 is 20.7 Å². The maximum atomic E-state index is 13.1. The fraction of sp³-hybridized carbons (Fsp3) is 0.435. The van der Waals surface area contributed by atoms with Crippen LogP contribution in [0.15, 0.2) is 35.4 Å². The van der Waals surface area contributed by atoms with Gasteiger partial charge in [-0.3, -0.25) is 4.79 Å². The molecule has 2 bridgehead atoms. The zero-order chi connectivity index (χ0) is 25.8. The van der Waals surface area contributed by atoms with Gasteiger partial charge in [-0.2, -0.15) is 0 Å². The minimum atomic E-state index is -9.89. The number of carbonyl (C=O) groups excluding carboxylic acids is 1. The van der Waals surface area contributed by atoms with Crippen LogP contribution in [0, 0.1) is 0 Å². The maximum absolute atomic E-state index is 13.1. The van der Waals surface area contributed by atoms with E-state index in [2.05, 4.69) is 15.0 Å². The van der Waals surface area contributed by atoms with Crippen molar-refractivity contribution in [1.29, 1.82) is 0 Å². The number of pyridine rings is 1. The number of nitrogens with two attached hydrogens (primary N) is 1. The van der Waals surface area contributed by atoms with E-state index in [-0.39, 0.29) is 29.0 Å². The van der Waals surface area contributed by atoms with Crippen molar-refractivity contribution in [2.24, 2.45) is 0 Å². The van der Waals surface area contributed by atoms with E-state index in [1.54, 1.807) is 6.20 Å². The van der Waals surface area contributed by atoms with Gasteiger partial charge in [0.15, 0.2) is 5.65 Å². The third kappa shape index (κ3) is 3.62. The first-order valence-corrected chi connectivity index (χ1v) is 13.5. The largest absolute Gasteiger partial charge is 0.398 e. The Kier molecular flexibility index (Phi) is 4.23. The molecule has 0 unspecified atom stereocenters. The van der Waals surface area contributed by atoms with Gasteiger partial charge in [0.1, 0.15) is 10.7 Å². The molecule has 0 atom stereocenters. The van der Waals surface area contributed by atoms with Gasteiger partial charge in [-0.25, -0.2) is 9.97 Å². The number of nitrogens with one attached hydrogen (secondary N) is 1. The van der Waals surface area contributed by atoms with E-state index < -0.39 is 32.3 Å². The van der Waals surface area contributed by atoms with Gasteiger partial charge in [0.25, 0.3) is 5.91 Å². The number of carbonyl (C=O) groups is 1. The molecule has 4 fully saturated rings. The van der Waals surface area contributed by atoms with Crippen LogP contribution in [-0.4, -0.2) is 49.6 Å². The smallest absolute Gasteiger partial charge is 0.310 e. The van der Waals surface area contributed by atoms with Crippen LogP contribution < -0.4 is 5.73 Å². The number of imidazole rings is 1. The van der Waals surface area contributed by atoms with Crippen LogP contribution >= 0.6 is 10.2 Å². The summed E-state index contributed by atoms with van der Waals surface area (Å²) in [5.41, 5.74) is 6.55. The highest BCUT2D eigenvalue weighted by atomic mass is 32.5. The van der Waals surface area contributed by atoms with Gasteiger partial charge in [-0.1, -0.05) is 19.4 Å². The second kappa shape index (κ2) is 6.49. The van der Waals surface area contributed by atoms with Crippen LogP contribution in [0.3, 0.4) is 0 Å². The number of aromatic nitrogens is 3. The van der Waals surface area contributed by atoms with E-state index in [1.165, 1.54) is 4.90 Å². The lowest BCUT2D eigenvalue weighted by atomic mass is 9.41. The fourth-order valence-electron chi connectivity index (χ4n) is 6.05. The number of hydrogen-bond donors (Lipinski definition) is 3. The van der Waals surface area contributed by atoms with E-state index in [9.17, 15) is 29.3 Å². The molecule has 1 aromatic carbocycles. The molecular formula is C23H24F5N5O2S. The maximum Gasteiger partial charge on any atom is 0.310 e. The fourth-order valence-corrected chi connectivity index (χ4v) is 6.72. The molecule has 13 heteroatoms. The number of benzene rings is 1. The summed E-state index contributed by atoms with van der Waals surface area (Å²) in [5.74, 6) is 0.342. The number of aromatic amines is 1. The number of H-pyrrole nitrogens is 1. The van der Waals surface area contributed by atoms with E-state index in [0.29, 0.717) is 50.8 Å². The number of anilines is 1. The number of nitrogens with zero attached hydrogens (tertiary/aromatic N) is 3. The third-order valence-electron chi connectivity index (χ3n) is 7.85. The molecule has 0 spiro atoms.